The Morgan fingerprint density at radius 1 is 1.15 bits per heavy atom. The number of fused-ring (bicyclic) bond motifs is 2. The Bertz CT molecular complexity index is 1410. The smallest absolute Gasteiger partial charge is 0.282 e. The van der Waals surface area contributed by atoms with Gasteiger partial charge in [0.25, 0.3) is 5.92 Å². The molecule has 168 valence electrons. The van der Waals surface area contributed by atoms with Crippen LogP contribution in [-0.4, -0.2) is 46.9 Å². The molecule has 0 atom stereocenters. The Hall–Kier alpha value is -3.82. The minimum Gasteiger partial charge on any atom is -0.436 e. The van der Waals surface area contributed by atoms with Crippen molar-refractivity contribution in [2.24, 2.45) is 5.92 Å². The van der Waals surface area contributed by atoms with Crippen molar-refractivity contribution in [1.82, 2.24) is 15.0 Å². The van der Waals surface area contributed by atoms with Crippen molar-refractivity contribution in [1.29, 1.82) is 0 Å². The number of aromatic nitrogens is 3. The fourth-order valence-electron chi connectivity index (χ4n) is 4.07. The lowest BCUT2D eigenvalue weighted by atomic mass is 10.1. The number of oxazole rings is 1. The molecule has 4 aromatic rings. The van der Waals surface area contributed by atoms with Crippen molar-refractivity contribution < 1.29 is 18.0 Å². The van der Waals surface area contributed by atoms with Crippen molar-refractivity contribution in [2.45, 2.75) is 18.8 Å². The molecule has 10 heteroatoms. The van der Waals surface area contributed by atoms with E-state index in [9.17, 15) is 13.6 Å². The molecule has 1 saturated carbocycles. The number of benzene rings is 1. The monoisotopic (exact) mass is 450 g/mol. The highest BCUT2D eigenvalue weighted by atomic mass is 19.3. The van der Waals surface area contributed by atoms with Crippen LogP contribution < -0.4 is 15.5 Å². The molecule has 2 aliphatic rings. The number of halogens is 2. The molecule has 33 heavy (non-hydrogen) atoms. The van der Waals surface area contributed by atoms with Crippen LogP contribution >= 0.6 is 0 Å². The van der Waals surface area contributed by atoms with Gasteiger partial charge in [-0.05, 0) is 37.1 Å². The normalized spacial score (nSPS) is 17.2. The van der Waals surface area contributed by atoms with Gasteiger partial charge in [0.1, 0.15) is 17.2 Å². The number of nitrogens with one attached hydrogen (secondary N) is 2. The van der Waals surface area contributed by atoms with Gasteiger partial charge in [-0.15, -0.1) is 0 Å². The zero-order chi connectivity index (χ0) is 22.7. The lowest BCUT2D eigenvalue weighted by Gasteiger charge is -2.40. The van der Waals surface area contributed by atoms with Gasteiger partial charge in [0.15, 0.2) is 5.58 Å². The Morgan fingerprint density at radius 3 is 2.70 bits per heavy atom. The minimum absolute atomic E-state index is 0.0303. The second-order valence-corrected chi connectivity index (χ2v) is 8.53. The van der Waals surface area contributed by atoms with Crippen molar-refractivity contribution in [3.63, 3.8) is 0 Å². The van der Waals surface area contributed by atoms with Crippen LogP contribution in [-0.2, 0) is 4.79 Å². The molecule has 6 rings (SSSR count). The van der Waals surface area contributed by atoms with Crippen LogP contribution in [0, 0.1) is 5.92 Å². The molecule has 1 amide bonds. The molecule has 1 aliphatic heterocycles. The van der Waals surface area contributed by atoms with Crippen molar-refractivity contribution >= 4 is 45.1 Å². The van der Waals surface area contributed by atoms with E-state index in [0.717, 1.165) is 23.6 Å². The van der Waals surface area contributed by atoms with Gasteiger partial charge in [0.2, 0.25) is 11.8 Å². The highest BCUT2D eigenvalue weighted by Crippen LogP contribution is 2.37. The molecule has 8 nitrogen and oxygen atoms in total. The van der Waals surface area contributed by atoms with E-state index in [2.05, 4.69) is 25.6 Å². The van der Waals surface area contributed by atoms with E-state index >= 15 is 0 Å². The summed E-state index contributed by atoms with van der Waals surface area (Å²) in [5.74, 6) is -1.18. The number of hydrogen-bond donors (Lipinski definition) is 2. The third-order valence-electron chi connectivity index (χ3n) is 6.02. The van der Waals surface area contributed by atoms with Crippen molar-refractivity contribution in [2.75, 3.05) is 35.7 Å². The SMILES string of the molecule is CNc1ncc(-c2nc3cc(N4CC(F)(F)C4)ccc3o2)c2cc(NC(=O)C3CC3)ncc12. The van der Waals surface area contributed by atoms with Gasteiger partial charge in [-0.25, -0.2) is 23.7 Å². The van der Waals surface area contributed by atoms with E-state index in [1.54, 1.807) is 48.6 Å². The van der Waals surface area contributed by atoms with Crippen LogP contribution in [0.15, 0.2) is 41.1 Å². The molecule has 0 bridgehead atoms. The average Bonchev–Trinajstić information content (AvgIpc) is 3.55. The summed E-state index contributed by atoms with van der Waals surface area (Å²) in [4.78, 5) is 27.2. The lowest BCUT2D eigenvalue weighted by molar-refractivity contribution is -0.117. The Balaban J connectivity index is 1.40. The molecule has 0 unspecified atom stereocenters. The van der Waals surface area contributed by atoms with Crippen molar-refractivity contribution in [3.8, 4) is 11.5 Å². The fourth-order valence-corrected chi connectivity index (χ4v) is 4.07. The molecular weight excluding hydrogens is 430 g/mol. The maximum atomic E-state index is 13.3. The van der Waals surface area contributed by atoms with Gasteiger partial charge >= 0.3 is 0 Å². The standard InChI is InChI=1S/C23H20F2N6O2/c1-26-20-15-8-27-19(30-21(32)12-2-3-12)7-14(15)16(9-28-20)22-29-17-6-13(4-5-18(17)33-22)31-10-23(24,25)11-31/h4-9,12H,2-3,10-11H2,1H3,(H,26,28)(H,27,30,32). The third-order valence-corrected chi connectivity index (χ3v) is 6.02. The summed E-state index contributed by atoms with van der Waals surface area (Å²) in [6, 6.07) is 7.02. The van der Waals surface area contributed by atoms with Gasteiger partial charge in [0.05, 0.1) is 18.7 Å². The number of alkyl halides is 2. The number of pyridine rings is 2. The van der Waals surface area contributed by atoms with E-state index in [1.807, 2.05) is 0 Å². The predicted octanol–water partition coefficient (Wildman–Crippen LogP) is 4.28. The second kappa shape index (κ2) is 7.09. The first-order chi connectivity index (χ1) is 15.9. The zero-order valence-corrected chi connectivity index (χ0v) is 17.7. The van der Waals surface area contributed by atoms with Gasteiger partial charge in [-0.2, -0.15) is 0 Å². The van der Waals surface area contributed by atoms with Crippen LogP contribution in [0.3, 0.4) is 0 Å². The lowest BCUT2D eigenvalue weighted by Crippen LogP contribution is -2.56. The molecular formula is C23H20F2N6O2. The van der Waals surface area contributed by atoms with E-state index < -0.39 is 5.92 Å². The van der Waals surface area contributed by atoms with Gasteiger partial charge in [-0.3, -0.25) is 4.79 Å². The number of anilines is 3. The van der Waals surface area contributed by atoms with Crippen LogP contribution in [0.4, 0.5) is 26.1 Å². The first-order valence-corrected chi connectivity index (χ1v) is 10.7. The number of nitrogens with zero attached hydrogens (tertiary/aromatic N) is 4. The summed E-state index contributed by atoms with van der Waals surface area (Å²) in [6.45, 7) is -0.600. The highest BCUT2D eigenvalue weighted by Gasteiger charge is 2.44. The van der Waals surface area contributed by atoms with E-state index in [1.165, 1.54) is 0 Å². The molecule has 1 aliphatic carbocycles. The van der Waals surface area contributed by atoms with E-state index in [4.69, 9.17) is 4.42 Å². The zero-order valence-electron chi connectivity index (χ0n) is 17.7. The van der Waals surface area contributed by atoms with Gasteiger partial charge in [0, 0.05) is 41.8 Å². The van der Waals surface area contributed by atoms with Crippen LogP contribution in [0.5, 0.6) is 0 Å². The molecule has 4 heterocycles. The average molecular weight is 450 g/mol. The van der Waals surface area contributed by atoms with Crippen LogP contribution in [0.2, 0.25) is 0 Å². The van der Waals surface area contributed by atoms with Gasteiger partial charge in [-0.1, -0.05) is 0 Å². The predicted molar refractivity (Wildman–Crippen MR) is 121 cm³/mol. The molecule has 3 aromatic heterocycles. The van der Waals surface area contributed by atoms with E-state index in [0.29, 0.717) is 39.9 Å². The maximum absolute atomic E-state index is 13.3. The summed E-state index contributed by atoms with van der Waals surface area (Å²) >= 11 is 0. The minimum atomic E-state index is -2.65. The molecule has 0 spiro atoms. The number of carbonyl (C=O) groups excluding carboxylic acids is 1. The summed E-state index contributed by atoms with van der Waals surface area (Å²) in [7, 11) is 1.77. The number of carbonyl (C=O) groups is 1. The number of amides is 1. The number of rotatable bonds is 5. The third kappa shape index (κ3) is 3.51. The Kier molecular flexibility index (Phi) is 4.26. The summed E-state index contributed by atoms with van der Waals surface area (Å²) in [6.07, 6.45) is 5.12. The summed E-state index contributed by atoms with van der Waals surface area (Å²) in [5, 5.41) is 7.44. The van der Waals surface area contributed by atoms with E-state index in [-0.39, 0.29) is 24.9 Å². The quantitative estimate of drug-likeness (QED) is 0.468. The molecule has 1 aromatic carbocycles. The van der Waals surface area contributed by atoms with Crippen molar-refractivity contribution in [3.05, 3.63) is 36.7 Å². The second-order valence-electron chi connectivity index (χ2n) is 8.53. The fraction of sp³-hybridized carbons (Fsp3) is 0.304. The number of hydrogen-bond acceptors (Lipinski definition) is 7. The Labute approximate surface area is 187 Å². The molecule has 1 saturated heterocycles. The first-order valence-electron chi connectivity index (χ1n) is 10.7. The van der Waals surface area contributed by atoms with Crippen LogP contribution in [0.1, 0.15) is 12.8 Å². The molecule has 2 N–H and O–H groups in total. The maximum Gasteiger partial charge on any atom is 0.282 e. The first kappa shape index (κ1) is 19.8. The van der Waals surface area contributed by atoms with Crippen LogP contribution in [0.25, 0.3) is 33.3 Å². The summed E-state index contributed by atoms with van der Waals surface area (Å²) in [5.41, 5.74) is 2.43. The Morgan fingerprint density at radius 2 is 1.97 bits per heavy atom. The van der Waals surface area contributed by atoms with Gasteiger partial charge < -0.3 is 20.0 Å². The topological polar surface area (TPSA) is 96.2 Å². The molecule has 0 radical (unpaired) electrons. The highest BCUT2D eigenvalue weighted by molar-refractivity contribution is 6.03. The molecule has 2 fully saturated rings. The summed E-state index contributed by atoms with van der Waals surface area (Å²) < 4.78 is 32.5. The largest absolute Gasteiger partial charge is 0.436 e.